The maximum absolute atomic E-state index is 12.2. The Morgan fingerprint density at radius 2 is 2.09 bits per heavy atom. The minimum atomic E-state index is -0.384. The zero-order valence-electron chi connectivity index (χ0n) is 11.5. The average Bonchev–Trinajstić information content (AvgIpc) is 2.99. The van der Waals surface area contributed by atoms with Gasteiger partial charge in [0.05, 0.1) is 12.2 Å². The molecule has 0 radical (unpaired) electrons. The summed E-state index contributed by atoms with van der Waals surface area (Å²) in [5.41, 5.74) is 2.00. The maximum Gasteiger partial charge on any atom is 0.338 e. The van der Waals surface area contributed by atoms with E-state index in [2.05, 4.69) is 9.97 Å². The van der Waals surface area contributed by atoms with Crippen LogP contribution in [-0.2, 0) is 11.2 Å². The zero-order chi connectivity index (χ0) is 15.5. The van der Waals surface area contributed by atoms with Crippen molar-refractivity contribution in [3.8, 4) is 0 Å². The first-order valence-electron chi connectivity index (χ1n) is 6.68. The highest BCUT2D eigenvalue weighted by atomic mass is 35.5. The van der Waals surface area contributed by atoms with E-state index in [0.717, 1.165) is 10.9 Å². The number of halogens is 2. The second-order valence-corrected chi connectivity index (χ2v) is 5.56. The van der Waals surface area contributed by atoms with Crippen LogP contribution in [0.1, 0.15) is 15.9 Å². The number of carbonyl (C=O) groups is 1. The second-order valence-electron chi connectivity index (χ2n) is 4.72. The SMILES string of the molecule is O=C(OCCc1cc(Cl)ccc1Cl)c1ccnc2[nH]ccc12. The summed E-state index contributed by atoms with van der Waals surface area (Å²) in [5.74, 6) is -0.384. The second kappa shape index (κ2) is 6.38. The van der Waals surface area contributed by atoms with Gasteiger partial charge in [0.1, 0.15) is 5.65 Å². The number of aromatic amines is 1. The topological polar surface area (TPSA) is 55.0 Å². The minimum Gasteiger partial charge on any atom is -0.462 e. The highest BCUT2D eigenvalue weighted by molar-refractivity contribution is 6.33. The summed E-state index contributed by atoms with van der Waals surface area (Å²) in [5, 5.41) is 1.96. The van der Waals surface area contributed by atoms with E-state index in [1.165, 1.54) is 0 Å². The molecule has 3 aromatic rings. The van der Waals surface area contributed by atoms with Gasteiger partial charge in [-0.3, -0.25) is 0 Å². The third-order valence-electron chi connectivity index (χ3n) is 3.29. The van der Waals surface area contributed by atoms with E-state index in [0.29, 0.717) is 27.7 Å². The van der Waals surface area contributed by atoms with Gasteiger partial charge in [0, 0.05) is 34.2 Å². The Labute approximate surface area is 137 Å². The average molecular weight is 335 g/mol. The molecule has 0 aliphatic heterocycles. The van der Waals surface area contributed by atoms with Gasteiger partial charge in [0.15, 0.2) is 0 Å². The zero-order valence-corrected chi connectivity index (χ0v) is 13.0. The lowest BCUT2D eigenvalue weighted by molar-refractivity contribution is 0.0511. The number of hydrogen-bond donors (Lipinski definition) is 1. The van der Waals surface area contributed by atoms with Crippen LogP contribution in [0.2, 0.25) is 10.0 Å². The number of nitrogens with one attached hydrogen (secondary N) is 1. The highest BCUT2D eigenvalue weighted by Gasteiger charge is 2.13. The molecule has 2 heterocycles. The fourth-order valence-corrected chi connectivity index (χ4v) is 2.61. The number of H-pyrrole nitrogens is 1. The molecule has 0 saturated heterocycles. The number of fused-ring (bicyclic) bond motifs is 1. The van der Waals surface area contributed by atoms with Crippen LogP contribution in [-0.4, -0.2) is 22.5 Å². The van der Waals surface area contributed by atoms with Crippen LogP contribution < -0.4 is 0 Å². The number of ether oxygens (including phenoxy) is 1. The van der Waals surface area contributed by atoms with Gasteiger partial charge in [-0.15, -0.1) is 0 Å². The Morgan fingerprint density at radius 1 is 1.23 bits per heavy atom. The molecular weight excluding hydrogens is 323 g/mol. The summed E-state index contributed by atoms with van der Waals surface area (Å²) >= 11 is 12.0. The maximum atomic E-state index is 12.2. The third kappa shape index (κ3) is 3.08. The Hall–Kier alpha value is -2.04. The van der Waals surface area contributed by atoms with Gasteiger partial charge < -0.3 is 9.72 Å². The Balaban J connectivity index is 1.68. The van der Waals surface area contributed by atoms with Crippen molar-refractivity contribution in [2.45, 2.75) is 6.42 Å². The number of benzene rings is 1. The highest BCUT2D eigenvalue weighted by Crippen LogP contribution is 2.21. The summed E-state index contributed by atoms with van der Waals surface area (Å²) in [6.07, 6.45) is 3.82. The van der Waals surface area contributed by atoms with E-state index in [-0.39, 0.29) is 12.6 Å². The number of rotatable bonds is 4. The first kappa shape index (κ1) is 14.9. The summed E-state index contributed by atoms with van der Waals surface area (Å²) in [4.78, 5) is 19.3. The molecule has 0 aliphatic rings. The number of aromatic nitrogens is 2. The molecule has 22 heavy (non-hydrogen) atoms. The van der Waals surface area contributed by atoms with E-state index >= 15 is 0 Å². The Kier molecular flexibility index (Phi) is 4.32. The quantitative estimate of drug-likeness (QED) is 0.725. The van der Waals surface area contributed by atoms with Crippen molar-refractivity contribution in [2.24, 2.45) is 0 Å². The van der Waals surface area contributed by atoms with E-state index in [9.17, 15) is 4.79 Å². The third-order valence-corrected chi connectivity index (χ3v) is 3.90. The number of nitrogens with zero attached hydrogens (tertiary/aromatic N) is 1. The van der Waals surface area contributed by atoms with E-state index in [1.54, 1.807) is 42.7 Å². The number of hydrogen-bond acceptors (Lipinski definition) is 3. The van der Waals surface area contributed by atoms with Crippen LogP contribution in [0.4, 0.5) is 0 Å². The predicted octanol–water partition coefficient (Wildman–Crippen LogP) is 4.27. The van der Waals surface area contributed by atoms with Crippen LogP contribution in [0.3, 0.4) is 0 Å². The molecule has 0 unspecified atom stereocenters. The van der Waals surface area contributed by atoms with E-state index < -0.39 is 0 Å². The molecule has 0 spiro atoms. The van der Waals surface area contributed by atoms with Crippen LogP contribution >= 0.6 is 23.2 Å². The van der Waals surface area contributed by atoms with Gasteiger partial charge in [-0.05, 0) is 35.9 Å². The largest absolute Gasteiger partial charge is 0.462 e. The monoisotopic (exact) mass is 334 g/mol. The van der Waals surface area contributed by atoms with Crippen LogP contribution in [0.25, 0.3) is 11.0 Å². The number of esters is 1. The van der Waals surface area contributed by atoms with Gasteiger partial charge in [-0.2, -0.15) is 0 Å². The molecule has 4 nitrogen and oxygen atoms in total. The number of carbonyl (C=O) groups excluding carboxylic acids is 1. The molecule has 1 aromatic carbocycles. The van der Waals surface area contributed by atoms with Crippen LogP contribution in [0, 0.1) is 0 Å². The summed E-state index contributed by atoms with van der Waals surface area (Å²) in [7, 11) is 0. The molecule has 3 rings (SSSR count). The van der Waals surface area contributed by atoms with Crippen LogP contribution in [0.15, 0.2) is 42.7 Å². The van der Waals surface area contributed by atoms with E-state index in [4.69, 9.17) is 27.9 Å². The molecule has 0 atom stereocenters. The lowest BCUT2D eigenvalue weighted by atomic mass is 10.1. The lowest BCUT2D eigenvalue weighted by Gasteiger charge is -2.07. The molecule has 0 fully saturated rings. The van der Waals surface area contributed by atoms with Crippen molar-refractivity contribution in [1.29, 1.82) is 0 Å². The molecule has 0 amide bonds. The lowest BCUT2D eigenvalue weighted by Crippen LogP contribution is -2.09. The molecule has 0 aliphatic carbocycles. The fraction of sp³-hybridized carbons (Fsp3) is 0.125. The molecule has 0 saturated carbocycles. The Bertz CT molecular complexity index is 830. The summed E-state index contributed by atoms with van der Waals surface area (Å²) < 4.78 is 5.32. The minimum absolute atomic E-state index is 0.229. The van der Waals surface area contributed by atoms with Gasteiger partial charge >= 0.3 is 5.97 Å². The predicted molar refractivity (Wildman–Crippen MR) is 86.5 cm³/mol. The smallest absolute Gasteiger partial charge is 0.338 e. The van der Waals surface area contributed by atoms with Crippen LogP contribution in [0.5, 0.6) is 0 Å². The first-order valence-corrected chi connectivity index (χ1v) is 7.44. The van der Waals surface area contributed by atoms with Crippen molar-refractivity contribution in [2.75, 3.05) is 6.61 Å². The molecule has 1 N–H and O–H groups in total. The molecule has 2 aromatic heterocycles. The van der Waals surface area contributed by atoms with Gasteiger partial charge in [0.2, 0.25) is 0 Å². The van der Waals surface area contributed by atoms with Crippen molar-refractivity contribution in [3.05, 3.63) is 63.9 Å². The Morgan fingerprint density at radius 3 is 2.95 bits per heavy atom. The van der Waals surface area contributed by atoms with Gasteiger partial charge in [-0.1, -0.05) is 23.2 Å². The standard InChI is InChI=1S/C16H12Cl2N2O2/c17-11-1-2-14(18)10(9-11)5-8-22-16(21)13-4-7-20-15-12(13)3-6-19-15/h1-4,6-7,9H,5,8H2,(H,19,20). The van der Waals surface area contributed by atoms with Crippen molar-refractivity contribution < 1.29 is 9.53 Å². The molecule has 112 valence electrons. The van der Waals surface area contributed by atoms with Gasteiger partial charge in [0.25, 0.3) is 0 Å². The van der Waals surface area contributed by atoms with Crippen molar-refractivity contribution in [1.82, 2.24) is 9.97 Å². The molecular formula is C16H12Cl2N2O2. The fourth-order valence-electron chi connectivity index (χ4n) is 2.21. The molecule has 6 heteroatoms. The van der Waals surface area contributed by atoms with E-state index in [1.807, 2.05) is 0 Å². The summed E-state index contributed by atoms with van der Waals surface area (Å²) in [6.45, 7) is 0.229. The van der Waals surface area contributed by atoms with Crippen molar-refractivity contribution in [3.63, 3.8) is 0 Å². The normalized spacial score (nSPS) is 10.8. The van der Waals surface area contributed by atoms with Gasteiger partial charge in [-0.25, -0.2) is 9.78 Å². The molecule has 0 bridgehead atoms. The van der Waals surface area contributed by atoms with Crippen molar-refractivity contribution >= 4 is 40.2 Å². The first-order chi connectivity index (χ1) is 10.6. The summed E-state index contributed by atoms with van der Waals surface area (Å²) in [6, 6.07) is 8.67. The number of pyridine rings is 1.